The third kappa shape index (κ3) is 2.40. The molecule has 4 heteroatoms. The number of aliphatic hydroxyl groups is 1. The Balaban J connectivity index is 2.35. The van der Waals surface area contributed by atoms with Crippen molar-refractivity contribution in [2.24, 2.45) is 0 Å². The van der Waals surface area contributed by atoms with Crippen LogP contribution >= 0.6 is 0 Å². The van der Waals surface area contributed by atoms with Crippen LogP contribution in [0.5, 0.6) is 0 Å². The summed E-state index contributed by atoms with van der Waals surface area (Å²) in [4.78, 5) is 6.30. The number of nitrogens with zero attached hydrogens (tertiary/aromatic N) is 3. The molecule has 0 aromatic carbocycles. The minimum Gasteiger partial charge on any atom is -0.388 e. The summed E-state index contributed by atoms with van der Waals surface area (Å²) in [5.41, 5.74) is 0.865. The molecular formula is C13H17N3O. The molecule has 0 saturated carbocycles. The Morgan fingerprint density at radius 3 is 3.00 bits per heavy atom. The minimum absolute atomic E-state index is 0.540. The Morgan fingerprint density at radius 1 is 1.59 bits per heavy atom. The van der Waals surface area contributed by atoms with E-state index >= 15 is 0 Å². The van der Waals surface area contributed by atoms with Crippen LogP contribution in [0.3, 0.4) is 0 Å². The van der Waals surface area contributed by atoms with E-state index in [1.807, 2.05) is 24.8 Å². The van der Waals surface area contributed by atoms with Gasteiger partial charge in [-0.2, -0.15) is 5.26 Å². The molecule has 4 nitrogen and oxygen atoms in total. The van der Waals surface area contributed by atoms with Gasteiger partial charge in [0.2, 0.25) is 0 Å². The van der Waals surface area contributed by atoms with E-state index in [9.17, 15) is 10.4 Å². The quantitative estimate of drug-likeness (QED) is 0.797. The lowest BCUT2D eigenvalue weighted by Gasteiger charge is -2.37. The summed E-state index contributed by atoms with van der Waals surface area (Å²) in [5.74, 6) is 0.701. The summed E-state index contributed by atoms with van der Waals surface area (Å²) in [5, 5.41) is 19.3. The maximum absolute atomic E-state index is 10.1. The van der Waals surface area contributed by atoms with Crippen molar-refractivity contribution in [1.29, 1.82) is 5.26 Å². The van der Waals surface area contributed by atoms with E-state index in [2.05, 4.69) is 11.1 Å². The van der Waals surface area contributed by atoms with E-state index in [0.29, 0.717) is 17.9 Å². The van der Waals surface area contributed by atoms with Crippen LogP contribution in [-0.4, -0.2) is 28.8 Å². The van der Waals surface area contributed by atoms with Crippen molar-refractivity contribution in [1.82, 2.24) is 4.98 Å². The Labute approximate surface area is 102 Å². The highest BCUT2D eigenvalue weighted by atomic mass is 16.3. The molecule has 1 aromatic rings. The number of hydrogen-bond donors (Lipinski definition) is 1. The summed E-state index contributed by atoms with van der Waals surface area (Å²) < 4.78 is 0. The second-order valence-electron chi connectivity index (χ2n) is 4.96. The second-order valence-corrected chi connectivity index (χ2v) is 4.96. The van der Waals surface area contributed by atoms with Crippen LogP contribution in [-0.2, 0) is 0 Å². The highest BCUT2D eigenvalue weighted by Gasteiger charge is 2.30. The molecule has 90 valence electrons. The van der Waals surface area contributed by atoms with Gasteiger partial charge in [0.15, 0.2) is 0 Å². The van der Waals surface area contributed by atoms with E-state index in [1.165, 1.54) is 0 Å². The lowest BCUT2D eigenvalue weighted by molar-refractivity contribution is 0.0447. The molecule has 1 saturated heterocycles. The van der Waals surface area contributed by atoms with Gasteiger partial charge in [0.1, 0.15) is 11.9 Å². The van der Waals surface area contributed by atoms with Gasteiger partial charge in [0, 0.05) is 19.3 Å². The molecule has 1 aromatic heterocycles. The van der Waals surface area contributed by atoms with E-state index in [4.69, 9.17) is 0 Å². The topological polar surface area (TPSA) is 60.1 Å². The van der Waals surface area contributed by atoms with Gasteiger partial charge < -0.3 is 10.0 Å². The molecule has 2 heterocycles. The third-order valence-corrected chi connectivity index (χ3v) is 3.23. The average Bonchev–Trinajstić information content (AvgIpc) is 2.27. The predicted molar refractivity (Wildman–Crippen MR) is 65.8 cm³/mol. The molecule has 0 radical (unpaired) electrons. The first-order valence-corrected chi connectivity index (χ1v) is 5.86. The fourth-order valence-corrected chi connectivity index (χ4v) is 2.32. The molecular weight excluding hydrogens is 214 g/mol. The molecule has 1 aliphatic rings. The summed E-state index contributed by atoms with van der Waals surface area (Å²) >= 11 is 0. The van der Waals surface area contributed by atoms with E-state index in [-0.39, 0.29) is 0 Å². The molecule has 1 fully saturated rings. The SMILES string of the molecule is Cc1ccnc(N2CCCC(C)(O)C2)c1C#N. The molecule has 1 aliphatic heterocycles. The highest BCUT2D eigenvalue weighted by molar-refractivity contribution is 5.57. The fourth-order valence-electron chi connectivity index (χ4n) is 2.32. The van der Waals surface area contributed by atoms with Crippen molar-refractivity contribution in [2.45, 2.75) is 32.3 Å². The number of nitriles is 1. The molecule has 0 aliphatic carbocycles. The summed E-state index contributed by atoms with van der Waals surface area (Å²) in [7, 11) is 0. The number of aromatic nitrogens is 1. The normalized spacial score (nSPS) is 24.5. The standard InChI is InChI=1S/C13H17N3O/c1-10-4-6-15-12(11(10)8-14)16-7-3-5-13(2,17)9-16/h4,6,17H,3,5,7,9H2,1-2H3. The third-order valence-electron chi connectivity index (χ3n) is 3.23. The number of piperidine rings is 1. The van der Waals surface area contributed by atoms with Crippen molar-refractivity contribution in [2.75, 3.05) is 18.0 Å². The lowest BCUT2D eigenvalue weighted by Crippen LogP contribution is -2.46. The minimum atomic E-state index is -0.684. The van der Waals surface area contributed by atoms with Crippen LogP contribution in [0.25, 0.3) is 0 Å². The summed E-state index contributed by atoms with van der Waals surface area (Å²) in [6.45, 7) is 5.13. The van der Waals surface area contributed by atoms with Gasteiger partial charge in [-0.25, -0.2) is 4.98 Å². The number of rotatable bonds is 1. The number of hydrogen-bond acceptors (Lipinski definition) is 4. The van der Waals surface area contributed by atoms with Crippen LogP contribution in [0.15, 0.2) is 12.3 Å². The zero-order valence-corrected chi connectivity index (χ0v) is 10.3. The fraction of sp³-hybridized carbons (Fsp3) is 0.538. The van der Waals surface area contributed by atoms with Crippen molar-refractivity contribution in [3.05, 3.63) is 23.4 Å². The lowest BCUT2D eigenvalue weighted by atomic mass is 9.95. The van der Waals surface area contributed by atoms with Gasteiger partial charge in [0.25, 0.3) is 0 Å². The smallest absolute Gasteiger partial charge is 0.146 e. The number of anilines is 1. The Morgan fingerprint density at radius 2 is 2.35 bits per heavy atom. The van der Waals surface area contributed by atoms with Gasteiger partial charge >= 0.3 is 0 Å². The summed E-state index contributed by atoms with van der Waals surface area (Å²) in [6.07, 6.45) is 3.44. The van der Waals surface area contributed by atoms with Crippen LogP contribution < -0.4 is 4.90 Å². The molecule has 1 N–H and O–H groups in total. The van der Waals surface area contributed by atoms with E-state index in [1.54, 1.807) is 6.20 Å². The number of pyridine rings is 1. The largest absolute Gasteiger partial charge is 0.388 e. The molecule has 2 rings (SSSR count). The van der Waals surface area contributed by atoms with Gasteiger partial charge in [-0.1, -0.05) is 0 Å². The second kappa shape index (κ2) is 4.34. The highest BCUT2D eigenvalue weighted by Crippen LogP contribution is 2.27. The average molecular weight is 231 g/mol. The first-order valence-electron chi connectivity index (χ1n) is 5.86. The zero-order valence-electron chi connectivity index (χ0n) is 10.3. The first-order chi connectivity index (χ1) is 8.03. The van der Waals surface area contributed by atoms with Crippen molar-refractivity contribution < 1.29 is 5.11 Å². The number of β-amino-alcohol motifs (C(OH)–C–C–N with tert-alkyl or cyclic N) is 1. The Hall–Kier alpha value is -1.60. The van der Waals surface area contributed by atoms with Crippen LogP contribution in [0.2, 0.25) is 0 Å². The maximum atomic E-state index is 10.1. The Kier molecular flexibility index (Phi) is 3.03. The predicted octanol–water partition coefficient (Wildman–Crippen LogP) is 1.61. The summed E-state index contributed by atoms with van der Waals surface area (Å²) in [6, 6.07) is 4.04. The molecule has 1 unspecified atom stereocenters. The van der Waals surface area contributed by atoms with Crippen LogP contribution in [0.1, 0.15) is 30.9 Å². The van der Waals surface area contributed by atoms with Crippen LogP contribution in [0.4, 0.5) is 5.82 Å². The molecule has 17 heavy (non-hydrogen) atoms. The van der Waals surface area contributed by atoms with Gasteiger partial charge in [0.05, 0.1) is 11.2 Å². The van der Waals surface area contributed by atoms with E-state index in [0.717, 1.165) is 24.9 Å². The Bertz CT molecular complexity index is 462. The first kappa shape index (κ1) is 11.9. The van der Waals surface area contributed by atoms with Crippen LogP contribution in [0, 0.1) is 18.3 Å². The molecule has 0 amide bonds. The molecule has 1 atom stereocenters. The van der Waals surface area contributed by atoms with Crippen molar-refractivity contribution in [3.8, 4) is 6.07 Å². The van der Waals surface area contributed by atoms with Crippen molar-refractivity contribution in [3.63, 3.8) is 0 Å². The molecule has 0 bridgehead atoms. The molecule has 0 spiro atoms. The van der Waals surface area contributed by atoms with E-state index < -0.39 is 5.60 Å². The van der Waals surface area contributed by atoms with Gasteiger partial charge in [-0.15, -0.1) is 0 Å². The monoisotopic (exact) mass is 231 g/mol. The van der Waals surface area contributed by atoms with Gasteiger partial charge in [-0.3, -0.25) is 0 Å². The maximum Gasteiger partial charge on any atom is 0.146 e. The zero-order chi connectivity index (χ0) is 12.5. The van der Waals surface area contributed by atoms with Gasteiger partial charge in [-0.05, 0) is 38.3 Å². The van der Waals surface area contributed by atoms with Crippen molar-refractivity contribution >= 4 is 5.82 Å². The number of aryl methyl sites for hydroxylation is 1.